The Morgan fingerprint density at radius 2 is 1.86 bits per heavy atom. The van der Waals surface area contributed by atoms with Crippen LogP contribution >= 0.6 is 0 Å². The zero-order valence-electron chi connectivity index (χ0n) is 16.0. The molecule has 1 aliphatic rings. The summed E-state index contributed by atoms with van der Waals surface area (Å²) in [6.45, 7) is 3.65. The van der Waals surface area contributed by atoms with E-state index in [4.69, 9.17) is 0 Å². The number of likely N-dealkylation sites (tertiary alicyclic amines) is 1. The molecule has 0 bridgehead atoms. The van der Waals surface area contributed by atoms with Gasteiger partial charge in [0.2, 0.25) is 0 Å². The molecular weight excluding hydrogens is 370 g/mol. The van der Waals surface area contributed by atoms with Crippen LogP contribution < -0.4 is 0 Å². The summed E-state index contributed by atoms with van der Waals surface area (Å²) in [6, 6.07) is 6.34. The van der Waals surface area contributed by atoms with E-state index in [0.717, 1.165) is 5.56 Å². The summed E-state index contributed by atoms with van der Waals surface area (Å²) in [5, 5.41) is 17.9. The second-order valence-corrected chi connectivity index (χ2v) is 6.88. The number of aliphatic hydroxyl groups excluding tert-OH is 1. The van der Waals surface area contributed by atoms with Crippen LogP contribution in [0.15, 0.2) is 54.6 Å². The van der Waals surface area contributed by atoms with Gasteiger partial charge in [-0.2, -0.15) is 5.10 Å². The number of carbonyl (C=O) groups is 2. The summed E-state index contributed by atoms with van der Waals surface area (Å²) >= 11 is 0. The molecule has 3 aromatic rings. The quantitative estimate of drug-likeness (QED) is 0.403. The molecule has 0 saturated carbocycles. The minimum absolute atomic E-state index is 0.0273. The number of hydrogen-bond donors (Lipinski definition) is 2. The molecule has 146 valence electrons. The third kappa shape index (κ3) is 3.18. The minimum atomic E-state index is -0.766. The third-order valence-electron chi connectivity index (χ3n) is 4.98. The fourth-order valence-corrected chi connectivity index (χ4v) is 3.65. The number of Topliss-reactive ketones (excluding diaryl/α,β-unsaturated/α-hetero) is 1. The van der Waals surface area contributed by atoms with Crippen molar-refractivity contribution in [3.63, 3.8) is 0 Å². The summed E-state index contributed by atoms with van der Waals surface area (Å²) in [5.41, 5.74) is 3.03. The molecule has 1 amide bonds. The highest BCUT2D eigenvalue weighted by Crippen LogP contribution is 2.40. The van der Waals surface area contributed by atoms with E-state index in [1.807, 2.05) is 6.07 Å². The summed E-state index contributed by atoms with van der Waals surface area (Å²) < 4.78 is 0. The van der Waals surface area contributed by atoms with E-state index in [1.165, 1.54) is 4.90 Å². The normalized spacial score (nSPS) is 18.4. The smallest absolute Gasteiger partial charge is 0.295 e. The second kappa shape index (κ2) is 7.31. The number of hydrogen-bond acceptors (Lipinski definition) is 6. The third-order valence-corrected chi connectivity index (χ3v) is 4.98. The number of rotatable bonds is 4. The van der Waals surface area contributed by atoms with Crippen molar-refractivity contribution < 1.29 is 14.7 Å². The van der Waals surface area contributed by atoms with Gasteiger partial charge < -0.3 is 10.0 Å². The van der Waals surface area contributed by atoms with Gasteiger partial charge in [-0.1, -0.05) is 12.1 Å². The van der Waals surface area contributed by atoms with Gasteiger partial charge in [-0.3, -0.25) is 24.7 Å². The van der Waals surface area contributed by atoms with E-state index in [9.17, 15) is 14.7 Å². The number of aromatic nitrogens is 4. The fraction of sp³-hybridized carbons (Fsp3) is 0.190. The van der Waals surface area contributed by atoms with Gasteiger partial charge in [0, 0.05) is 37.0 Å². The first-order valence-electron chi connectivity index (χ1n) is 9.08. The fourth-order valence-electron chi connectivity index (χ4n) is 3.65. The van der Waals surface area contributed by atoms with E-state index in [1.54, 1.807) is 56.8 Å². The van der Waals surface area contributed by atoms with Crippen molar-refractivity contribution in [2.45, 2.75) is 26.4 Å². The largest absolute Gasteiger partial charge is 0.507 e. The van der Waals surface area contributed by atoms with Gasteiger partial charge in [-0.05, 0) is 37.1 Å². The highest BCUT2D eigenvalue weighted by atomic mass is 16.3. The van der Waals surface area contributed by atoms with Gasteiger partial charge in [0.1, 0.15) is 5.76 Å². The van der Waals surface area contributed by atoms with E-state index in [0.29, 0.717) is 22.5 Å². The van der Waals surface area contributed by atoms with Crippen LogP contribution in [-0.2, 0) is 16.1 Å². The number of amides is 1. The molecule has 4 heterocycles. The van der Waals surface area contributed by atoms with E-state index in [-0.39, 0.29) is 17.9 Å². The van der Waals surface area contributed by atoms with Crippen LogP contribution in [0.3, 0.4) is 0 Å². The lowest BCUT2D eigenvalue weighted by Crippen LogP contribution is -2.29. The molecule has 8 heteroatoms. The number of aliphatic hydroxyl groups is 1. The van der Waals surface area contributed by atoms with Crippen molar-refractivity contribution in [1.82, 2.24) is 25.1 Å². The zero-order chi connectivity index (χ0) is 20.5. The maximum Gasteiger partial charge on any atom is 0.295 e. The summed E-state index contributed by atoms with van der Waals surface area (Å²) in [4.78, 5) is 35.5. The van der Waals surface area contributed by atoms with E-state index >= 15 is 0 Å². The van der Waals surface area contributed by atoms with Crippen molar-refractivity contribution >= 4 is 17.4 Å². The molecule has 4 rings (SSSR count). The number of H-pyrrole nitrogens is 1. The van der Waals surface area contributed by atoms with Crippen LogP contribution in [0.1, 0.15) is 34.1 Å². The molecule has 0 spiro atoms. The Hall–Kier alpha value is -3.81. The monoisotopic (exact) mass is 389 g/mol. The molecular formula is C21H19N5O3. The van der Waals surface area contributed by atoms with Crippen molar-refractivity contribution in [2.24, 2.45) is 0 Å². The highest BCUT2D eigenvalue weighted by molar-refractivity contribution is 6.46. The molecule has 0 aliphatic carbocycles. The Morgan fingerprint density at radius 1 is 1.14 bits per heavy atom. The Kier molecular flexibility index (Phi) is 4.67. The molecule has 1 saturated heterocycles. The van der Waals surface area contributed by atoms with Crippen molar-refractivity contribution in [3.8, 4) is 0 Å². The molecule has 0 radical (unpaired) electrons. The molecule has 8 nitrogen and oxygen atoms in total. The van der Waals surface area contributed by atoms with Crippen LogP contribution in [0.25, 0.3) is 5.76 Å². The Balaban J connectivity index is 1.89. The maximum atomic E-state index is 13.0. The van der Waals surface area contributed by atoms with Crippen LogP contribution in [0.5, 0.6) is 0 Å². The SMILES string of the molecule is Cc1n[nH]c(C)c1/C(O)=C1\C(=O)C(=O)N(Cc2cccnc2)C1c1cccnc1. The topological polar surface area (TPSA) is 112 Å². The molecule has 1 fully saturated rings. The first-order valence-corrected chi connectivity index (χ1v) is 9.08. The average Bonchev–Trinajstić information content (AvgIpc) is 3.20. The second-order valence-electron chi connectivity index (χ2n) is 6.88. The Labute approximate surface area is 166 Å². The summed E-state index contributed by atoms with van der Waals surface area (Å²) in [7, 11) is 0. The lowest BCUT2D eigenvalue weighted by atomic mass is 9.95. The number of nitrogens with zero attached hydrogens (tertiary/aromatic N) is 4. The lowest BCUT2D eigenvalue weighted by molar-refractivity contribution is -0.140. The van der Waals surface area contributed by atoms with E-state index < -0.39 is 17.7 Å². The van der Waals surface area contributed by atoms with Gasteiger partial charge in [-0.25, -0.2) is 0 Å². The first-order chi connectivity index (χ1) is 14.0. The highest BCUT2D eigenvalue weighted by Gasteiger charge is 2.46. The van der Waals surface area contributed by atoms with Gasteiger partial charge in [0.25, 0.3) is 11.7 Å². The zero-order valence-corrected chi connectivity index (χ0v) is 16.0. The summed E-state index contributed by atoms with van der Waals surface area (Å²) in [6.07, 6.45) is 6.49. The van der Waals surface area contributed by atoms with Gasteiger partial charge in [0.05, 0.1) is 22.9 Å². The number of carbonyl (C=O) groups excluding carboxylic acids is 2. The van der Waals surface area contributed by atoms with Crippen LogP contribution in [0.4, 0.5) is 0 Å². The van der Waals surface area contributed by atoms with Crippen LogP contribution in [0, 0.1) is 13.8 Å². The molecule has 0 aromatic carbocycles. The van der Waals surface area contributed by atoms with Crippen molar-refractivity contribution in [2.75, 3.05) is 0 Å². The maximum absolute atomic E-state index is 13.0. The predicted octanol–water partition coefficient (Wildman–Crippen LogP) is 2.44. The van der Waals surface area contributed by atoms with Gasteiger partial charge in [0.15, 0.2) is 0 Å². The number of pyridine rings is 2. The number of ketones is 1. The Bertz CT molecular complexity index is 1090. The Morgan fingerprint density at radius 3 is 2.45 bits per heavy atom. The molecule has 29 heavy (non-hydrogen) atoms. The average molecular weight is 389 g/mol. The van der Waals surface area contributed by atoms with Crippen LogP contribution in [-0.4, -0.2) is 41.9 Å². The molecule has 3 aromatic heterocycles. The number of nitrogens with one attached hydrogen (secondary N) is 1. The van der Waals surface area contributed by atoms with Gasteiger partial charge >= 0.3 is 0 Å². The predicted molar refractivity (Wildman–Crippen MR) is 104 cm³/mol. The first kappa shape index (κ1) is 18.5. The summed E-state index contributed by atoms with van der Waals surface area (Å²) in [5.74, 6) is -1.65. The standard InChI is InChI=1S/C21H19N5O3/c1-12-16(13(2)25-24-12)19(27)17-18(15-6-4-8-23-10-15)26(21(29)20(17)28)11-14-5-3-7-22-9-14/h3-10,18,27H,11H2,1-2H3,(H,24,25)/b19-17+. The van der Waals surface area contributed by atoms with Gasteiger partial charge in [-0.15, -0.1) is 0 Å². The molecule has 1 unspecified atom stereocenters. The lowest BCUT2D eigenvalue weighted by Gasteiger charge is -2.25. The van der Waals surface area contributed by atoms with Crippen molar-refractivity contribution in [1.29, 1.82) is 0 Å². The molecule has 1 atom stereocenters. The minimum Gasteiger partial charge on any atom is -0.507 e. The molecule has 1 aliphatic heterocycles. The van der Waals surface area contributed by atoms with Crippen molar-refractivity contribution in [3.05, 3.63) is 82.7 Å². The number of aromatic amines is 1. The van der Waals surface area contributed by atoms with E-state index in [2.05, 4.69) is 20.2 Å². The van der Waals surface area contributed by atoms with Crippen LogP contribution in [0.2, 0.25) is 0 Å². The number of aryl methyl sites for hydroxylation is 2. The molecule has 2 N–H and O–H groups in total.